The maximum atomic E-state index is 3.48. The summed E-state index contributed by atoms with van der Waals surface area (Å²) in [5, 5.41) is 3.20. The summed E-state index contributed by atoms with van der Waals surface area (Å²) in [6, 6.07) is 12.8. The van der Waals surface area contributed by atoms with E-state index < -0.39 is 0 Å². The van der Waals surface area contributed by atoms with Crippen molar-refractivity contribution >= 4 is 27.3 Å². The minimum atomic E-state index is 1.03. The van der Waals surface area contributed by atoms with Gasteiger partial charge in [0.25, 0.3) is 0 Å². The highest BCUT2D eigenvalue weighted by Gasteiger charge is 2.04. The third-order valence-electron chi connectivity index (χ3n) is 2.15. The van der Waals surface area contributed by atoms with Crippen molar-refractivity contribution in [1.29, 1.82) is 0 Å². The fourth-order valence-electron chi connectivity index (χ4n) is 1.48. The van der Waals surface area contributed by atoms with Crippen LogP contribution in [-0.4, -0.2) is 5.33 Å². The van der Waals surface area contributed by atoms with Gasteiger partial charge in [0.05, 0.1) is 0 Å². The lowest BCUT2D eigenvalue weighted by molar-refractivity contribution is 1.19. The van der Waals surface area contributed by atoms with E-state index in [1.165, 1.54) is 16.0 Å². The Kier molecular flexibility index (Phi) is 3.38. The predicted octanol–water partition coefficient (Wildman–Crippen LogP) is 4.35. The van der Waals surface area contributed by atoms with Crippen molar-refractivity contribution in [2.45, 2.75) is 6.42 Å². The molecular formula is C12H11BrS. The highest BCUT2D eigenvalue weighted by molar-refractivity contribution is 9.09. The number of rotatable bonds is 3. The van der Waals surface area contributed by atoms with E-state index in [1.54, 1.807) is 0 Å². The molecule has 2 heteroatoms. The Bertz CT molecular complexity index is 392. The summed E-state index contributed by atoms with van der Waals surface area (Å²) in [6.07, 6.45) is 1.10. The summed E-state index contributed by atoms with van der Waals surface area (Å²) in [7, 11) is 0. The molecule has 1 aromatic heterocycles. The Morgan fingerprint density at radius 1 is 1.07 bits per heavy atom. The third kappa shape index (κ3) is 2.07. The van der Waals surface area contributed by atoms with E-state index in [9.17, 15) is 0 Å². The first-order valence-corrected chi connectivity index (χ1v) is 6.59. The van der Waals surface area contributed by atoms with Gasteiger partial charge in [0.15, 0.2) is 0 Å². The quantitative estimate of drug-likeness (QED) is 0.725. The van der Waals surface area contributed by atoms with E-state index in [2.05, 4.69) is 57.7 Å². The maximum absolute atomic E-state index is 3.48. The Morgan fingerprint density at radius 2 is 1.86 bits per heavy atom. The molecular weight excluding hydrogens is 256 g/mol. The van der Waals surface area contributed by atoms with Crippen LogP contribution in [0, 0.1) is 0 Å². The molecule has 1 aromatic carbocycles. The molecule has 0 saturated heterocycles. The normalized spacial score (nSPS) is 10.4. The first kappa shape index (κ1) is 9.94. The summed E-state index contributed by atoms with van der Waals surface area (Å²) in [5.74, 6) is 0. The van der Waals surface area contributed by atoms with Crippen LogP contribution < -0.4 is 0 Å². The summed E-state index contributed by atoms with van der Waals surface area (Å²) >= 11 is 5.30. The monoisotopic (exact) mass is 266 g/mol. The second-order valence-electron chi connectivity index (χ2n) is 3.08. The Labute approximate surface area is 96.7 Å². The number of halogens is 1. The van der Waals surface area contributed by atoms with Crippen molar-refractivity contribution in [3.63, 3.8) is 0 Å². The maximum Gasteiger partial charge on any atom is 0.0374 e. The number of benzene rings is 1. The van der Waals surface area contributed by atoms with Gasteiger partial charge in [-0.05, 0) is 29.0 Å². The van der Waals surface area contributed by atoms with Crippen LogP contribution in [0.15, 0.2) is 41.8 Å². The molecule has 0 aliphatic heterocycles. The fraction of sp³-hybridized carbons (Fsp3) is 0.167. The SMILES string of the molecule is BrCCc1ccsc1-c1ccccc1. The van der Waals surface area contributed by atoms with Crippen LogP contribution in [0.25, 0.3) is 10.4 Å². The summed E-state index contributed by atoms with van der Waals surface area (Å²) in [4.78, 5) is 1.41. The average molecular weight is 267 g/mol. The van der Waals surface area contributed by atoms with Crippen LogP contribution in [0.3, 0.4) is 0 Å². The zero-order valence-electron chi connectivity index (χ0n) is 7.74. The minimum absolute atomic E-state index is 1.03. The first-order valence-electron chi connectivity index (χ1n) is 4.59. The van der Waals surface area contributed by atoms with Crippen molar-refractivity contribution in [2.24, 2.45) is 0 Å². The summed E-state index contributed by atoms with van der Waals surface area (Å²) in [5.41, 5.74) is 2.77. The van der Waals surface area contributed by atoms with E-state index in [1.807, 2.05) is 11.3 Å². The molecule has 0 aliphatic rings. The topological polar surface area (TPSA) is 0 Å². The largest absolute Gasteiger partial charge is 0.144 e. The smallest absolute Gasteiger partial charge is 0.0374 e. The highest BCUT2D eigenvalue weighted by Crippen LogP contribution is 2.29. The van der Waals surface area contributed by atoms with Crippen LogP contribution >= 0.6 is 27.3 Å². The van der Waals surface area contributed by atoms with Gasteiger partial charge in [-0.2, -0.15) is 0 Å². The van der Waals surface area contributed by atoms with E-state index >= 15 is 0 Å². The molecule has 0 unspecified atom stereocenters. The molecule has 0 atom stereocenters. The lowest BCUT2D eigenvalue weighted by Crippen LogP contribution is -1.84. The predicted molar refractivity (Wildman–Crippen MR) is 67.3 cm³/mol. The molecule has 0 bridgehead atoms. The van der Waals surface area contributed by atoms with Gasteiger partial charge in [0.2, 0.25) is 0 Å². The zero-order chi connectivity index (χ0) is 9.80. The average Bonchev–Trinajstić information content (AvgIpc) is 2.68. The molecule has 72 valence electrons. The van der Waals surface area contributed by atoms with E-state index in [-0.39, 0.29) is 0 Å². The van der Waals surface area contributed by atoms with Crippen molar-refractivity contribution in [2.75, 3.05) is 5.33 Å². The molecule has 0 fully saturated rings. The number of aryl methyl sites for hydroxylation is 1. The highest BCUT2D eigenvalue weighted by atomic mass is 79.9. The van der Waals surface area contributed by atoms with Crippen LogP contribution in [0.1, 0.15) is 5.56 Å². The van der Waals surface area contributed by atoms with Gasteiger partial charge in [-0.3, -0.25) is 0 Å². The van der Waals surface area contributed by atoms with E-state index in [0.29, 0.717) is 0 Å². The van der Waals surface area contributed by atoms with E-state index in [4.69, 9.17) is 0 Å². The van der Waals surface area contributed by atoms with Gasteiger partial charge >= 0.3 is 0 Å². The van der Waals surface area contributed by atoms with Crippen LogP contribution in [0.2, 0.25) is 0 Å². The summed E-state index contributed by atoms with van der Waals surface area (Å²) < 4.78 is 0. The number of thiophene rings is 1. The molecule has 0 spiro atoms. The van der Waals surface area contributed by atoms with Crippen molar-refractivity contribution in [3.8, 4) is 10.4 Å². The zero-order valence-corrected chi connectivity index (χ0v) is 10.1. The van der Waals surface area contributed by atoms with Gasteiger partial charge in [-0.25, -0.2) is 0 Å². The number of hydrogen-bond donors (Lipinski definition) is 0. The molecule has 2 aromatic rings. The molecule has 0 nitrogen and oxygen atoms in total. The number of hydrogen-bond acceptors (Lipinski definition) is 1. The standard InChI is InChI=1S/C12H11BrS/c13-8-6-11-7-9-14-12(11)10-4-2-1-3-5-10/h1-5,7,9H,6,8H2. The molecule has 1 heterocycles. The lowest BCUT2D eigenvalue weighted by atomic mass is 10.1. The molecule has 2 rings (SSSR count). The second-order valence-corrected chi connectivity index (χ2v) is 4.79. The van der Waals surface area contributed by atoms with Crippen LogP contribution in [0.4, 0.5) is 0 Å². The Hall–Kier alpha value is -0.600. The fourth-order valence-corrected chi connectivity index (χ4v) is 2.87. The molecule has 0 amide bonds. The minimum Gasteiger partial charge on any atom is -0.144 e. The second kappa shape index (κ2) is 4.76. The Balaban J connectivity index is 2.37. The molecule has 0 aliphatic carbocycles. The van der Waals surface area contributed by atoms with Crippen LogP contribution in [0.5, 0.6) is 0 Å². The first-order chi connectivity index (χ1) is 6.92. The van der Waals surface area contributed by atoms with Gasteiger partial charge in [-0.15, -0.1) is 11.3 Å². The van der Waals surface area contributed by atoms with Gasteiger partial charge < -0.3 is 0 Å². The lowest BCUT2D eigenvalue weighted by Gasteiger charge is -2.01. The molecule has 0 radical (unpaired) electrons. The third-order valence-corrected chi connectivity index (χ3v) is 3.55. The molecule has 0 saturated carbocycles. The van der Waals surface area contributed by atoms with Crippen molar-refractivity contribution in [3.05, 3.63) is 47.3 Å². The van der Waals surface area contributed by atoms with Crippen molar-refractivity contribution in [1.82, 2.24) is 0 Å². The summed E-state index contributed by atoms with van der Waals surface area (Å²) in [6.45, 7) is 0. The van der Waals surface area contributed by atoms with Gasteiger partial charge in [-0.1, -0.05) is 46.3 Å². The van der Waals surface area contributed by atoms with Crippen molar-refractivity contribution < 1.29 is 0 Å². The molecule has 0 N–H and O–H groups in total. The van der Waals surface area contributed by atoms with Crippen LogP contribution in [-0.2, 0) is 6.42 Å². The molecule has 14 heavy (non-hydrogen) atoms. The Morgan fingerprint density at radius 3 is 2.57 bits per heavy atom. The van der Waals surface area contributed by atoms with Gasteiger partial charge in [0.1, 0.15) is 0 Å². The van der Waals surface area contributed by atoms with Gasteiger partial charge in [0, 0.05) is 10.2 Å². The van der Waals surface area contributed by atoms with E-state index in [0.717, 1.165) is 11.8 Å². The number of alkyl halides is 1.